The standard InChI is InChI=1S/C13H25NO2/c1-3-12(2,14)11-4-7-16-13(10-11)5-8-15-9-6-13/h11H,3-10,14H2,1-2H3. The average Bonchev–Trinajstić information content (AvgIpc) is 2.30. The molecule has 2 heterocycles. The van der Waals surface area contributed by atoms with Gasteiger partial charge in [-0.1, -0.05) is 6.92 Å². The van der Waals surface area contributed by atoms with Crippen LogP contribution in [-0.2, 0) is 9.47 Å². The number of hydrogen-bond acceptors (Lipinski definition) is 3. The smallest absolute Gasteiger partial charge is 0.0729 e. The molecule has 2 atom stereocenters. The Hall–Kier alpha value is -0.120. The number of ether oxygens (including phenoxy) is 2. The topological polar surface area (TPSA) is 44.5 Å². The molecule has 2 unspecified atom stereocenters. The van der Waals surface area contributed by atoms with Gasteiger partial charge in [-0.3, -0.25) is 0 Å². The molecule has 1 spiro atoms. The lowest BCUT2D eigenvalue weighted by Crippen LogP contribution is -2.53. The molecule has 2 N–H and O–H groups in total. The van der Waals surface area contributed by atoms with Gasteiger partial charge in [-0.25, -0.2) is 0 Å². The predicted octanol–water partition coefficient (Wildman–Crippen LogP) is 2.09. The monoisotopic (exact) mass is 227 g/mol. The Morgan fingerprint density at radius 3 is 2.62 bits per heavy atom. The quantitative estimate of drug-likeness (QED) is 0.785. The normalized spacial score (nSPS) is 33.6. The largest absolute Gasteiger partial charge is 0.381 e. The Labute approximate surface area is 98.7 Å². The summed E-state index contributed by atoms with van der Waals surface area (Å²) in [5.74, 6) is 0.601. The Balaban J connectivity index is 2.03. The molecule has 0 aromatic rings. The second-order valence-electron chi connectivity index (χ2n) is 5.69. The molecule has 0 aromatic carbocycles. The average molecular weight is 227 g/mol. The Bertz CT molecular complexity index is 229. The molecule has 3 nitrogen and oxygen atoms in total. The van der Waals surface area contributed by atoms with Crippen LogP contribution in [0.15, 0.2) is 0 Å². The first kappa shape index (κ1) is 12.3. The van der Waals surface area contributed by atoms with E-state index in [0.29, 0.717) is 5.92 Å². The van der Waals surface area contributed by atoms with E-state index in [1.807, 2.05) is 0 Å². The maximum Gasteiger partial charge on any atom is 0.0729 e. The lowest BCUT2D eigenvalue weighted by Gasteiger charge is -2.47. The summed E-state index contributed by atoms with van der Waals surface area (Å²) in [5.41, 5.74) is 6.44. The highest BCUT2D eigenvalue weighted by atomic mass is 16.5. The molecule has 2 saturated heterocycles. The minimum absolute atomic E-state index is 0.0327. The van der Waals surface area contributed by atoms with Crippen molar-refractivity contribution >= 4 is 0 Å². The van der Waals surface area contributed by atoms with Gasteiger partial charge in [0.2, 0.25) is 0 Å². The third-order valence-corrected chi connectivity index (χ3v) is 4.59. The molecule has 0 aliphatic carbocycles. The van der Waals surface area contributed by atoms with Crippen molar-refractivity contribution in [1.82, 2.24) is 0 Å². The molecule has 0 bridgehead atoms. The van der Waals surface area contributed by atoms with Crippen LogP contribution >= 0.6 is 0 Å². The molecule has 2 aliphatic heterocycles. The van der Waals surface area contributed by atoms with Gasteiger partial charge in [-0.2, -0.15) is 0 Å². The van der Waals surface area contributed by atoms with Crippen molar-refractivity contribution in [3.63, 3.8) is 0 Å². The van der Waals surface area contributed by atoms with E-state index in [2.05, 4.69) is 13.8 Å². The molecule has 2 fully saturated rings. The van der Waals surface area contributed by atoms with Crippen LogP contribution in [0.1, 0.15) is 46.0 Å². The van der Waals surface area contributed by atoms with E-state index in [1.54, 1.807) is 0 Å². The maximum absolute atomic E-state index is 6.39. The van der Waals surface area contributed by atoms with Gasteiger partial charge in [0.25, 0.3) is 0 Å². The molecular weight excluding hydrogens is 202 g/mol. The van der Waals surface area contributed by atoms with Crippen molar-refractivity contribution in [1.29, 1.82) is 0 Å². The summed E-state index contributed by atoms with van der Waals surface area (Å²) in [6, 6.07) is 0. The van der Waals surface area contributed by atoms with Crippen molar-refractivity contribution in [3.05, 3.63) is 0 Å². The van der Waals surface area contributed by atoms with Crippen molar-refractivity contribution in [3.8, 4) is 0 Å². The van der Waals surface area contributed by atoms with Gasteiger partial charge < -0.3 is 15.2 Å². The zero-order valence-electron chi connectivity index (χ0n) is 10.6. The van der Waals surface area contributed by atoms with E-state index >= 15 is 0 Å². The zero-order valence-corrected chi connectivity index (χ0v) is 10.6. The third-order valence-electron chi connectivity index (χ3n) is 4.59. The first-order chi connectivity index (χ1) is 7.58. The highest BCUT2D eigenvalue weighted by Gasteiger charge is 2.43. The van der Waals surface area contributed by atoms with E-state index in [0.717, 1.165) is 51.9 Å². The molecule has 2 aliphatic rings. The molecule has 2 rings (SSSR count). The molecule has 94 valence electrons. The molecule has 0 amide bonds. The fourth-order valence-electron chi connectivity index (χ4n) is 2.97. The lowest BCUT2D eigenvalue weighted by molar-refractivity contribution is -0.153. The van der Waals surface area contributed by atoms with Gasteiger partial charge in [0, 0.05) is 25.4 Å². The first-order valence-electron chi connectivity index (χ1n) is 6.59. The summed E-state index contributed by atoms with van der Waals surface area (Å²) in [7, 11) is 0. The lowest BCUT2D eigenvalue weighted by atomic mass is 9.72. The van der Waals surface area contributed by atoms with Crippen molar-refractivity contribution in [2.45, 2.75) is 57.1 Å². The van der Waals surface area contributed by atoms with Crippen LogP contribution < -0.4 is 5.73 Å². The second kappa shape index (κ2) is 4.63. The van der Waals surface area contributed by atoms with Gasteiger partial charge in [0.05, 0.1) is 5.60 Å². The maximum atomic E-state index is 6.39. The van der Waals surface area contributed by atoms with Crippen LogP contribution in [0.4, 0.5) is 0 Å². The Morgan fingerprint density at radius 1 is 1.31 bits per heavy atom. The highest BCUT2D eigenvalue weighted by Crippen LogP contribution is 2.41. The third kappa shape index (κ3) is 2.41. The fraction of sp³-hybridized carbons (Fsp3) is 1.00. The zero-order chi connectivity index (χ0) is 11.6. The number of nitrogens with two attached hydrogens (primary N) is 1. The summed E-state index contributed by atoms with van der Waals surface area (Å²) in [4.78, 5) is 0. The van der Waals surface area contributed by atoms with Crippen molar-refractivity contribution < 1.29 is 9.47 Å². The minimum atomic E-state index is -0.0327. The van der Waals surface area contributed by atoms with Crippen LogP contribution in [0.25, 0.3) is 0 Å². The Kier molecular flexibility index (Phi) is 3.57. The van der Waals surface area contributed by atoms with E-state index in [1.165, 1.54) is 0 Å². The first-order valence-corrected chi connectivity index (χ1v) is 6.59. The highest BCUT2D eigenvalue weighted by molar-refractivity contribution is 4.96. The van der Waals surface area contributed by atoms with Crippen LogP contribution in [0.5, 0.6) is 0 Å². The SMILES string of the molecule is CCC(C)(N)C1CCOC2(CCOCC2)C1. The Morgan fingerprint density at radius 2 is 2.00 bits per heavy atom. The summed E-state index contributed by atoms with van der Waals surface area (Å²) < 4.78 is 11.5. The van der Waals surface area contributed by atoms with Crippen molar-refractivity contribution in [2.75, 3.05) is 19.8 Å². The van der Waals surface area contributed by atoms with E-state index in [-0.39, 0.29) is 11.1 Å². The molecule has 0 radical (unpaired) electrons. The van der Waals surface area contributed by atoms with Crippen LogP contribution in [0.3, 0.4) is 0 Å². The predicted molar refractivity (Wildman–Crippen MR) is 64.3 cm³/mol. The van der Waals surface area contributed by atoms with Gasteiger partial charge in [-0.05, 0) is 44.9 Å². The molecular formula is C13H25NO2. The van der Waals surface area contributed by atoms with Crippen LogP contribution in [0, 0.1) is 5.92 Å². The van der Waals surface area contributed by atoms with E-state index < -0.39 is 0 Å². The summed E-state index contributed by atoms with van der Waals surface area (Å²) in [5, 5.41) is 0. The van der Waals surface area contributed by atoms with Gasteiger partial charge in [-0.15, -0.1) is 0 Å². The molecule has 3 heteroatoms. The summed E-state index contributed by atoms with van der Waals surface area (Å²) in [6.45, 7) is 6.94. The van der Waals surface area contributed by atoms with Gasteiger partial charge in [0.15, 0.2) is 0 Å². The fourth-order valence-corrected chi connectivity index (χ4v) is 2.97. The minimum Gasteiger partial charge on any atom is -0.381 e. The van der Waals surface area contributed by atoms with E-state index in [4.69, 9.17) is 15.2 Å². The van der Waals surface area contributed by atoms with Gasteiger partial charge >= 0.3 is 0 Å². The van der Waals surface area contributed by atoms with Gasteiger partial charge in [0.1, 0.15) is 0 Å². The van der Waals surface area contributed by atoms with Crippen LogP contribution in [0.2, 0.25) is 0 Å². The molecule has 0 aromatic heterocycles. The number of rotatable bonds is 2. The summed E-state index contributed by atoms with van der Waals surface area (Å²) in [6.07, 6.45) is 5.37. The van der Waals surface area contributed by atoms with Crippen LogP contribution in [-0.4, -0.2) is 31.0 Å². The second-order valence-corrected chi connectivity index (χ2v) is 5.69. The van der Waals surface area contributed by atoms with Crippen molar-refractivity contribution in [2.24, 2.45) is 11.7 Å². The molecule has 0 saturated carbocycles. The molecule has 16 heavy (non-hydrogen) atoms. The summed E-state index contributed by atoms with van der Waals surface area (Å²) >= 11 is 0. The number of hydrogen-bond donors (Lipinski definition) is 1. The van der Waals surface area contributed by atoms with E-state index in [9.17, 15) is 0 Å².